The molecule has 0 radical (unpaired) electrons. The summed E-state index contributed by atoms with van der Waals surface area (Å²) >= 11 is 0. The Morgan fingerprint density at radius 2 is 1.68 bits per heavy atom. The van der Waals surface area contributed by atoms with Crippen molar-refractivity contribution in [1.82, 2.24) is 0 Å². The first kappa shape index (κ1) is 16.2. The number of halogens is 1. The van der Waals surface area contributed by atoms with E-state index in [0.717, 1.165) is 12.0 Å². The van der Waals surface area contributed by atoms with E-state index in [1.54, 1.807) is 6.92 Å². The molecule has 108 valence electrons. The fourth-order valence-corrected chi connectivity index (χ4v) is 2.39. The van der Waals surface area contributed by atoms with E-state index in [9.17, 15) is 4.39 Å². The van der Waals surface area contributed by atoms with Gasteiger partial charge in [0.2, 0.25) is 0 Å². The van der Waals surface area contributed by atoms with E-state index < -0.39 is 0 Å². The van der Waals surface area contributed by atoms with Crippen molar-refractivity contribution in [3.63, 3.8) is 0 Å². The number of nitrogens with two attached hydrogens (primary N) is 1. The zero-order chi connectivity index (χ0) is 14.1. The smallest absolute Gasteiger partial charge is 0.126 e. The monoisotopic (exact) mass is 265 g/mol. The first-order valence-corrected chi connectivity index (χ1v) is 7.66. The van der Waals surface area contributed by atoms with Crippen LogP contribution in [-0.4, -0.2) is 0 Å². The topological polar surface area (TPSA) is 26.0 Å². The Morgan fingerprint density at radius 1 is 1.05 bits per heavy atom. The maximum Gasteiger partial charge on any atom is 0.126 e. The Hall–Kier alpha value is -0.890. The van der Waals surface area contributed by atoms with E-state index in [2.05, 4.69) is 6.92 Å². The molecule has 0 bridgehead atoms. The van der Waals surface area contributed by atoms with Gasteiger partial charge in [0.05, 0.1) is 0 Å². The van der Waals surface area contributed by atoms with Crippen LogP contribution >= 0.6 is 0 Å². The fourth-order valence-electron chi connectivity index (χ4n) is 2.39. The molecule has 1 atom stereocenters. The Kier molecular flexibility index (Phi) is 7.73. The quantitative estimate of drug-likeness (QED) is 0.604. The van der Waals surface area contributed by atoms with Gasteiger partial charge in [-0.3, -0.25) is 0 Å². The number of hydrogen-bond acceptors (Lipinski definition) is 1. The molecule has 1 nitrogen and oxygen atoms in total. The second kappa shape index (κ2) is 9.08. The second-order valence-electron chi connectivity index (χ2n) is 5.53. The van der Waals surface area contributed by atoms with E-state index in [1.165, 1.54) is 51.0 Å². The summed E-state index contributed by atoms with van der Waals surface area (Å²) in [4.78, 5) is 0. The van der Waals surface area contributed by atoms with Crippen molar-refractivity contribution in [3.8, 4) is 0 Å². The number of unbranched alkanes of at least 4 members (excludes halogenated alkanes) is 6. The van der Waals surface area contributed by atoms with Gasteiger partial charge in [-0.25, -0.2) is 4.39 Å². The van der Waals surface area contributed by atoms with Crippen LogP contribution in [0.25, 0.3) is 0 Å². The first-order chi connectivity index (χ1) is 9.15. The number of rotatable bonds is 9. The number of hydrogen-bond donors (Lipinski definition) is 1. The van der Waals surface area contributed by atoms with Gasteiger partial charge in [-0.1, -0.05) is 64.0 Å². The van der Waals surface area contributed by atoms with Crippen molar-refractivity contribution >= 4 is 0 Å². The zero-order valence-electron chi connectivity index (χ0n) is 12.4. The van der Waals surface area contributed by atoms with Crippen LogP contribution in [0.1, 0.15) is 75.5 Å². The lowest BCUT2D eigenvalue weighted by Crippen LogP contribution is -2.10. The van der Waals surface area contributed by atoms with E-state index >= 15 is 0 Å². The van der Waals surface area contributed by atoms with E-state index in [-0.39, 0.29) is 11.9 Å². The molecule has 1 aromatic rings. The van der Waals surface area contributed by atoms with Crippen molar-refractivity contribution < 1.29 is 4.39 Å². The molecular formula is C17H28FN. The highest BCUT2D eigenvalue weighted by atomic mass is 19.1. The van der Waals surface area contributed by atoms with Gasteiger partial charge >= 0.3 is 0 Å². The molecule has 0 aliphatic rings. The van der Waals surface area contributed by atoms with Crippen LogP contribution in [0.5, 0.6) is 0 Å². The van der Waals surface area contributed by atoms with Crippen molar-refractivity contribution in [2.45, 2.75) is 71.3 Å². The van der Waals surface area contributed by atoms with Gasteiger partial charge in [0.1, 0.15) is 5.82 Å². The van der Waals surface area contributed by atoms with Crippen LogP contribution in [0.2, 0.25) is 0 Å². The van der Waals surface area contributed by atoms with Gasteiger partial charge in [0.15, 0.2) is 0 Å². The predicted molar refractivity (Wildman–Crippen MR) is 80.7 cm³/mol. The highest BCUT2D eigenvalue weighted by molar-refractivity contribution is 5.26. The molecule has 0 spiro atoms. The molecule has 0 heterocycles. The summed E-state index contributed by atoms with van der Waals surface area (Å²) in [6, 6.07) is 5.26. The van der Waals surface area contributed by atoms with Crippen LogP contribution in [0.3, 0.4) is 0 Å². The summed E-state index contributed by atoms with van der Waals surface area (Å²) in [5.41, 5.74) is 7.90. The average Bonchev–Trinajstić information content (AvgIpc) is 2.40. The maximum atomic E-state index is 13.2. The standard InChI is InChI=1S/C17H28FN/c1-3-4-5-6-7-8-9-10-17(19)15-11-12-16(18)14(2)13-15/h11-13,17H,3-10,19H2,1-2H3. The molecule has 1 rings (SSSR count). The minimum absolute atomic E-state index is 0.0509. The molecule has 2 N–H and O–H groups in total. The van der Waals surface area contributed by atoms with Gasteiger partial charge < -0.3 is 5.73 Å². The fraction of sp³-hybridized carbons (Fsp3) is 0.647. The summed E-state index contributed by atoms with van der Waals surface area (Å²) in [7, 11) is 0. The average molecular weight is 265 g/mol. The predicted octanol–water partition coefficient (Wildman–Crippen LogP) is 5.27. The van der Waals surface area contributed by atoms with Crippen molar-refractivity contribution in [1.29, 1.82) is 0 Å². The normalized spacial score (nSPS) is 12.6. The van der Waals surface area contributed by atoms with Gasteiger partial charge in [0, 0.05) is 6.04 Å². The third-order valence-electron chi connectivity index (χ3n) is 3.73. The third-order valence-corrected chi connectivity index (χ3v) is 3.73. The summed E-state index contributed by atoms with van der Waals surface area (Å²) in [6.45, 7) is 4.03. The molecule has 0 fully saturated rings. The molecule has 0 aliphatic heterocycles. The van der Waals surface area contributed by atoms with Crippen LogP contribution in [0.15, 0.2) is 18.2 Å². The zero-order valence-corrected chi connectivity index (χ0v) is 12.4. The van der Waals surface area contributed by atoms with Crippen molar-refractivity contribution in [3.05, 3.63) is 35.1 Å². The van der Waals surface area contributed by atoms with Gasteiger partial charge in [-0.15, -0.1) is 0 Å². The lowest BCUT2D eigenvalue weighted by molar-refractivity contribution is 0.540. The molecule has 0 saturated carbocycles. The van der Waals surface area contributed by atoms with Crippen molar-refractivity contribution in [2.75, 3.05) is 0 Å². The lowest BCUT2D eigenvalue weighted by Gasteiger charge is -2.13. The van der Waals surface area contributed by atoms with Crippen LogP contribution in [-0.2, 0) is 0 Å². The Balaban J connectivity index is 2.20. The summed E-state index contributed by atoms with van der Waals surface area (Å²) in [6.07, 6.45) is 10.1. The van der Waals surface area contributed by atoms with Gasteiger partial charge in [0.25, 0.3) is 0 Å². The summed E-state index contributed by atoms with van der Waals surface area (Å²) in [5, 5.41) is 0. The largest absolute Gasteiger partial charge is 0.324 e. The molecule has 0 saturated heterocycles. The number of aryl methyl sites for hydroxylation is 1. The second-order valence-corrected chi connectivity index (χ2v) is 5.53. The highest BCUT2D eigenvalue weighted by Crippen LogP contribution is 2.20. The van der Waals surface area contributed by atoms with Crippen molar-refractivity contribution in [2.24, 2.45) is 5.73 Å². The molecular weight excluding hydrogens is 237 g/mol. The maximum absolute atomic E-state index is 13.2. The minimum Gasteiger partial charge on any atom is -0.324 e. The van der Waals surface area contributed by atoms with E-state index in [0.29, 0.717) is 5.56 Å². The first-order valence-electron chi connectivity index (χ1n) is 7.66. The van der Waals surface area contributed by atoms with Gasteiger partial charge in [-0.2, -0.15) is 0 Å². The molecule has 1 unspecified atom stereocenters. The summed E-state index contributed by atoms with van der Waals surface area (Å²) < 4.78 is 13.2. The Bertz CT molecular complexity index is 362. The Morgan fingerprint density at radius 3 is 2.32 bits per heavy atom. The molecule has 19 heavy (non-hydrogen) atoms. The Labute approximate surface area is 117 Å². The van der Waals surface area contributed by atoms with E-state index in [4.69, 9.17) is 5.73 Å². The summed E-state index contributed by atoms with van der Waals surface area (Å²) in [5.74, 6) is -0.146. The molecule has 0 aliphatic carbocycles. The minimum atomic E-state index is -0.146. The molecule has 1 aromatic carbocycles. The highest BCUT2D eigenvalue weighted by Gasteiger charge is 2.07. The molecule has 0 amide bonds. The molecule has 0 aromatic heterocycles. The third kappa shape index (κ3) is 6.20. The SMILES string of the molecule is CCCCCCCCCC(N)c1ccc(F)c(C)c1. The molecule has 2 heteroatoms. The van der Waals surface area contributed by atoms with Crippen LogP contribution in [0.4, 0.5) is 4.39 Å². The van der Waals surface area contributed by atoms with Crippen LogP contribution in [0, 0.1) is 12.7 Å². The number of benzene rings is 1. The van der Waals surface area contributed by atoms with E-state index in [1.807, 2.05) is 12.1 Å². The lowest BCUT2D eigenvalue weighted by atomic mass is 9.99. The van der Waals surface area contributed by atoms with Gasteiger partial charge in [-0.05, 0) is 30.5 Å². The van der Waals surface area contributed by atoms with Crippen LogP contribution < -0.4 is 5.73 Å².